The van der Waals surface area contributed by atoms with Gasteiger partial charge in [-0.05, 0) is 34.7 Å². The number of nitrogens with one attached hydrogen (secondary N) is 1. The highest BCUT2D eigenvalue weighted by atomic mass is 127. The fourth-order valence-electron chi connectivity index (χ4n) is 1.68. The maximum Gasteiger partial charge on any atom is 0.350 e. The Bertz CT molecular complexity index is 602. The summed E-state index contributed by atoms with van der Waals surface area (Å²) in [7, 11) is 1.57. The highest BCUT2D eigenvalue weighted by Crippen LogP contribution is 2.26. The van der Waals surface area contributed by atoms with Gasteiger partial charge in [0.05, 0.1) is 10.7 Å². The van der Waals surface area contributed by atoms with E-state index in [2.05, 4.69) is 27.9 Å². The van der Waals surface area contributed by atoms with Crippen LogP contribution in [0.3, 0.4) is 0 Å². The van der Waals surface area contributed by atoms with E-state index in [1.165, 1.54) is 20.0 Å². The lowest BCUT2D eigenvalue weighted by atomic mass is 10.2. The summed E-state index contributed by atoms with van der Waals surface area (Å²) in [5, 5.41) is 2.86. The largest absolute Gasteiger partial charge is 0.496 e. The van der Waals surface area contributed by atoms with Gasteiger partial charge in [0.25, 0.3) is 5.79 Å². The molecule has 1 aromatic carbocycles. The molecule has 0 aromatic heterocycles. The van der Waals surface area contributed by atoms with E-state index in [4.69, 9.17) is 14.2 Å². The third kappa shape index (κ3) is 3.66. The van der Waals surface area contributed by atoms with Crippen LogP contribution in [-0.4, -0.2) is 24.8 Å². The number of rotatable bonds is 3. The van der Waals surface area contributed by atoms with Crippen molar-refractivity contribution in [3.8, 4) is 5.75 Å². The molecular formula is C14H14INO5. The highest BCUT2D eigenvalue weighted by molar-refractivity contribution is 14.1. The molecule has 6 nitrogen and oxygen atoms in total. The lowest BCUT2D eigenvalue weighted by Crippen LogP contribution is -2.42. The summed E-state index contributed by atoms with van der Waals surface area (Å²) in [4.78, 5) is 23.5. The van der Waals surface area contributed by atoms with Crippen LogP contribution in [-0.2, 0) is 19.1 Å². The molecule has 1 aromatic rings. The second-order valence-electron chi connectivity index (χ2n) is 4.73. The normalized spacial score (nSPS) is 16.9. The number of esters is 2. The SMILES string of the molecule is COc1cc(NC=C2C(=O)OC(C)(C)OC2=O)ccc1I. The van der Waals surface area contributed by atoms with Gasteiger partial charge in [0.1, 0.15) is 5.75 Å². The van der Waals surface area contributed by atoms with Crippen LogP contribution in [0.5, 0.6) is 5.75 Å². The van der Waals surface area contributed by atoms with Gasteiger partial charge in [0, 0.05) is 31.8 Å². The molecule has 7 heteroatoms. The van der Waals surface area contributed by atoms with Crippen molar-refractivity contribution in [3.63, 3.8) is 0 Å². The Labute approximate surface area is 135 Å². The average Bonchev–Trinajstić information content (AvgIpc) is 2.38. The predicted octanol–water partition coefficient (Wildman–Crippen LogP) is 2.43. The zero-order valence-electron chi connectivity index (χ0n) is 11.7. The molecule has 0 unspecified atom stereocenters. The fraction of sp³-hybridized carbons (Fsp3) is 0.286. The number of carbonyl (C=O) groups is 2. The van der Waals surface area contributed by atoms with Crippen molar-refractivity contribution in [2.45, 2.75) is 19.6 Å². The van der Waals surface area contributed by atoms with E-state index in [1.807, 2.05) is 6.07 Å². The van der Waals surface area contributed by atoms with E-state index in [-0.39, 0.29) is 5.57 Å². The van der Waals surface area contributed by atoms with E-state index in [9.17, 15) is 9.59 Å². The first-order chi connectivity index (χ1) is 9.82. The molecule has 0 bridgehead atoms. The number of ether oxygens (including phenoxy) is 3. The molecule has 1 aliphatic heterocycles. The lowest BCUT2D eigenvalue weighted by Gasteiger charge is -2.29. The van der Waals surface area contributed by atoms with Crippen LogP contribution in [0.15, 0.2) is 30.0 Å². The number of cyclic esters (lactones) is 2. The third-order valence-electron chi connectivity index (χ3n) is 2.65. The van der Waals surface area contributed by atoms with E-state index in [0.29, 0.717) is 11.4 Å². The Morgan fingerprint density at radius 2 is 1.86 bits per heavy atom. The maximum absolute atomic E-state index is 11.8. The lowest BCUT2D eigenvalue weighted by molar-refractivity contribution is -0.222. The molecule has 0 atom stereocenters. The Morgan fingerprint density at radius 3 is 2.43 bits per heavy atom. The minimum Gasteiger partial charge on any atom is -0.496 e. The van der Waals surface area contributed by atoms with Gasteiger partial charge in [0.15, 0.2) is 5.57 Å². The maximum atomic E-state index is 11.8. The quantitative estimate of drug-likeness (QED) is 0.362. The molecular weight excluding hydrogens is 389 g/mol. The summed E-state index contributed by atoms with van der Waals surface area (Å²) in [5.41, 5.74) is 0.483. The Morgan fingerprint density at radius 1 is 1.24 bits per heavy atom. The minimum atomic E-state index is -1.24. The summed E-state index contributed by atoms with van der Waals surface area (Å²) < 4.78 is 16.1. The molecule has 0 spiro atoms. The topological polar surface area (TPSA) is 73.9 Å². The molecule has 1 N–H and O–H groups in total. The first-order valence-corrected chi connectivity index (χ1v) is 7.17. The van der Waals surface area contributed by atoms with Crippen LogP contribution < -0.4 is 10.1 Å². The first-order valence-electron chi connectivity index (χ1n) is 6.09. The van der Waals surface area contributed by atoms with Gasteiger partial charge in [-0.3, -0.25) is 0 Å². The molecule has 21 heavy (non-hydrogen) atoms. The minimum absolute atomic E-state index is 0.188. The molecule has 2 rings (SSSR count). The number of methoxy groups -OCH3 is 1. The van der Waals surface area contributed by atoms with Crippen molar-refractivity contribution in [3.05, 3.63) is 33.5 Å². The number of hydrogen-bond acceptors (Lipinski definition) is 6. The van der Waals surface area contributed by atoms with E-state index >= 15 is 0 Å². The fourth-order valence-corrected chi connectivity index (χ4v) is 2.24. The zero-order chi connectivity index (χ0) is 15.6. The molecule has 0 radical (unpaired) electrons. The van der Waals surface area contributed by atoms with Crippen molar-refractivity contribution >= 4 is 40.2 Å². The Hall–Kier alpha value is -1.77. The zero-order valence-corrected chi connectivity index (χ0v) is 13.9. The number of benzene rings is 1. The number of hydrogen-bond donors (Lipinski definition) is 1. The molecule has 1 aliphatic rings. The number of carbonyl (C=O) groups excluding carboxylic acids is 2. The van der Waals surface area contributed by atoms with Crippen LogP contribution in [0.25, 0.3) is 0 Å². The Balaban J connectivity index is 2.17. The summed E-state index contributed by atoms with van der Waals surface area (Å²) in [6.45, 7) is 2.99. The van der Waals surface area contributed by atoms with Crippen LogP contribution in [0.2, 0.25) is 0 Å². The van der Waals surface area contributed by atoms with Gasteiger partial charge < -0.3 is 19.5 Å². The summed E-state index contributed by atoms with van der Waals surface area (Å²) >= 11 is 2.14. The van der Waals surface area contributed by atoms with Gasteiger partial charge in [-0.1, -0.05) is 0 Å². The monoisotopic (exact) mass is 403 g/mol. The van der Waals surface area contributed by atoms with Crippen LogP contribution in [0, 0.1) is 3.57 Å². The van der Waals surface area contributed by atoms with Crippen LogP contribution >= 0.6 is 22.6 Å². The van der Waals surface area contributed by atoms with Gasteiger partial charge in [0.2, 0.25) is 0 Å². The number of anilines is 1. The predicted molar refractivity (Wildman–Crippen MR) is 83.7 cm³/mol. The van der Waals surface area contributed by atoms with E-state index in [0.717, 1.165) is 3.57 Å². The van der Waals surface area contributed by atoms with Gasteiger partial charge in [-0.25, -0.2) is 9.59 Å². The third-order valence-corrected chi connectivity index (χ3v) is 3.54. The summed E-state index contributed by atoms with van der Waals surface area (Å²) in [6.07, 6.45) is 1.27. The second-order valence-corrected chi connectivity index (χ2v) is 5.89. The van der Waals surface area contributed by atoms with Crippen molar-refractivity contribution in [1.82, 2.24) is 0 Å². The van der Waals surface area contributed by atoms with E-state index in [1.54, 1.807) is 19.2 Å². The van der Waals surface area contributed by atoms with Gasteiger partial charge in [-0.15, -0.1) is 0 Å². The smallest absolute Gasteiger partial charge is 0.350 e. The Kier molecular flexibility index (Phi) is 4.40. The van der Waals surface area contributed by atoms with Crippen molar-refractivity contribution < 1.29 is 23.8 Å². The van der Waals surface area contributed by atoms with E-state index < -0.39 is 17.7 Å². The molecule has 1 fully saturated rings. The number of halogens is 1. The molecule has 0 amide bonds. The van der Waals surface area contributed by atoms with Crippen LogP contribution in [0.1, 0.15) is 13.8 Å². The second kappa shape index (κ2) is 5.92. The van der Waals surface area contributed by atoms with Crippen LogP contribution in [0.4, 0.5) is 5.69 Å². The summed E-state index contributed by atoms with van der Waals surface area (Å²) in [6, 6.07) is 5.40. The summed E-state index contributed by atoms with van der Waals surface area (Å²) in [5.74, 6) is -1.99. The molecule has 0 saturated carbocycles. The molecule has 1 heterocycles. The molecule has 112 valence electrons. The van der Waals surface area contributed by atoms with Gasteiger partial charge >= 0.3 is 11.9 Å². The highest BCUT2D eigenvalue weighted by Gasteiger charge is 2.38. The average molecular weight is 403 g/mol. The first kappa shape index (κ1) is 15.6. The standard InChI is InChI=1S/C14H14INO5/c1-14(2)20-12(17)9(13(18)21-14)7-16-8-4-5-10(15)11(6-8)19-3/h4-7,16H,1-3H3. The molecule has 1 saturated heterocycles. The van der Waals surface area contributed by atoms with Gasteiger partial charge in [-0.2, -0.15) is 0 Å². The van der Waals surface area contributed by atoms with Crippen molar-refractivity contribution in [2.75, 3.05) is 12.4 Å². The van der Waals surface area contributed by atoms with Crippen molar-refractivity contribution in [1.29, 1.82) is 0 Å². The molecule has 0 aliphatic carbocycles. The van der Waals surface area contributed by atoms with Crippen molar-refractivity contribution in [2.24, 2.45) is 0 Å².